The van der Waals surface area contributed by atoms with Crippen molar-refractivity contribution in [2.45, 2.75) is 32.9 Å². The topological polar surface area (TPSA) is 91.3 Å². The minimum absolute atomic E-state index is 0.0113. The van der Waals surface area contributed by atoms with Crippen LogP contribution in [0.5, 0.6) is 0 Å². The van der Waals surface area contributed by atoms with Crippen LogP contribution in [0, 0.1) is 0 Å². The van der Waals surface area contributed by atoms with E-state index in [0.29, 0.717) is 5.01 Å². The van der Waals surface area contributed by atoms with Gasteiger partial charge < -0.3 is 15.7 Å². The van der Waals surface area contributed by atoms with Crippen molar-refractivity contribution in [2.24, 2.45) is 0 Å². The molecule has 0 fully saturated rings. The van der Waals surface area contributed by atoms with Crippen LogP contribution in [0.3, 0.4) is 0 Å². The van der Waals surface area contributed by atoms with E-state index in [1.165, 1.54) is 16.7 Å². The lowest BCUT2D eigenvalue weighted by Gasteiger charge is -2.13. The van der Waals surface area contributed by atoms with E-state index >= 15 is 0 Å². The second-order valence-corrected chi connectivity index (χ2v) is 6.48. The van der Waals surface area contributed by atoms with Crippen LogP contribution in [-0.4, -0.2) is 39.6 Å². The lowest BCUT2D eigenvalue weighted by molar-refractivity contribution is 0.0691. The summed E-state index contributed by atoms with van der Waals surface area (Å²) in [6.45, 7) is 4.30. The summed E-state index contributed by atoms with van der Waals surface area (Å²) in [5.41, 5.74) is 0.0113. The number of urea groups is 1. The van der Waals surface area contributed by atoms with Gasteiger partial charge in [0.15, 0.2) is 5.69 Å². The highest BCUT2D eigenvalue weighted by molar-refractivity contribution is 7.99. The Morgan fingerprint density at radius 1 is 1.55 bits per heavy atom. The van der Waals surface area contributed by atoms with Gasteiger partial charge in [-0.15, -0.1) is 11.3 Å². The first kappa shape index (κ1) is 16.8. The quantitative estimate of drug-likeness (QED) is 0.639. The highest BCUT2D eigenvalue weighted by Crippen LogP contribution is 2.09. The van der Waals surface area contributed by atoms with Gasteiger partial charge in [-0.3, -0.25) is 0 Å². The minimum Gasteiger partial charge on any atom is -0.476 e. The first-order chi connectivity index (χ1) is 9.52. The third-order valence-corrected chi connectivity index (χ3v) is 4.23. The van der Waals surface area contributed by atoms with Crippen molar-refractivity contribution in [3.05, 3.63) is 16.1 Å². The molecule has 112 valence electrons. The van der Waals surface area contributed by atoms with Crippen LogP contribution >= 0.6 is 23.1 Å². The zero-order valence-corrected chi connectivity index (χ0v) is 13.1. The zero-order valence-electron chi connectivity index (χ0n) is 11.5. The molecule has 1 aromatic heterocycles. The summed E-state index contributed by atoms with van der Waals surface area (Å²) < 4.78 is 0. The Labute approximate surface area is 126 Å². The second kappa shape index (κ2) is 8.80. The molecule has 2 amide bonds. The molecular weight excluding hydrogens is 298 g/mol. The molecule has 1 atom stereocenters. The van der Waals surface area contributed by atoms with Crippen LogP contribution < -0.4 is 10.6 Å². The van der Waals surface area contributed by atoms with Gasteiger partial charge >= 0.3 is 12.0 Å². The van der Waals surface area contributed by atoms with E-state index in [9.17, 15) is 9.59 Å². The van der Waals surface area contributed by atoms with E-state index in [4.69, 9.17) is 5.11 Å². The SMILES string of the molecule is CCSCCC(C)NC(=O)NCc1nc(C(=O)O)cs1. The Morgan fingerprint density at radius 3 is 2.90 bits per heavy atom. The van der Waals surface area contributed by atoms with E-state index in [-0.39, 0.29) is 24.3 Å². The number of thiazole rings is 1. The van der Waals surface area contributed by atoms with Crippen molar-refractivity contribution in [2.75, 3.05) is 11.5 Å². The number of aromatic carboxylic acids is 1. The van der Waals surface area contributed by atoms with E-state index < -0.39 is 5.97 Å². The first-order valence-corrected chi connectivity index (χ1v) is 8.36. The van der Waals surface area contributed by atoms with E-state index in [0.717, 1.165) is 17.9 Å². The number of amides is 2. The molecule has 0 aliphatic rings. The Bertz CT molecular complexity index is 451. The smallest absolute Gasteiger partial charge is 0.355 e. The number of rotatable bonds is 8. The van der Waals surface area contributed by atoms with Gasteiger partial charge in [-0.2, -0.15) is 11.8 Å². The molecule has 6 nitrogen and oxygen atoms in total. The average Bonchev–Trinajstić information content (AvgIpc) is 2.85. The second-order valence-electron chi connectivity index (χ2n) is 4.15. The predicted octanol–water partition coefficient (Wildman–Crippen LogP) is 2.17. The zero-order chi connectivity index (χ0) is 15.0. The van der Waals surface area contributed by atoms with Crippen molar-refractivity contribution < 1.29 is 14.7 Å². The number of aromatic nitrogens is 1. The summed E-state index contributed by atoms with van der Waals surface area (Å²) in [5, 5.41) is 16.3. The molecule has 1 aromatic rings. The number of nitrogens with one attached hydrogen (secondary N) is 2. The van der Waals surface area contributed by atoms with Crippen molar-refractivity contribution >= 4 is 35.1 Å². The number of thioether (sulfide) groups is 1. The summed E-state index contributed by atoms with van der Waals surface area (Å²) in [6, 6.07) is -0.147. The molecule has 0 saturated heterocycles. The summed E-state index contributed by atoms with van der Waals surface area (Å²) in [6.07, 6.45) is 0.923. The Kier molecular flexibility index (Phi) is 7.38. The normalized spacial score (nSPS) is 11.9. The highest BCUT2D eigenvalue weighted by Gasteiger charge is 2.10. The average molecular weight is 317 g/mol. The highest BCUT2D eigenvalue weighted by atomic mass is 32.2. The standard InChI is InChI=1S/C12H19N3O3S2/c1-3-19-5-4-8(2)14-12(18)13-6-10-15-9(7-20-10)11(16)17/h7-8H,3-6H2,1-2H3,(H,16,17)(H2,13,14,18). The van der Waals surface area contributed by atoms with Gasteiger partial charge in [0, 0.05) is 11.4 Å². The fourth-order valence-electron chi connectivity index (χ4n) is 1.40. The number of carboxylic acids is 1. The molecule has 0 saturated carbocycles. The number of hydrogen-bond acceptors (Lipinski definition) is 5. The lowest BCUT2D eigenvalue weighted by Crippen LogP contribution is -2.40. The van der Waals surface area contributed by atoms with Gasteiger partial charge in [-0.25, -0.2) is 14.6 Å². The molecule has 3 N–H and O–H groups in total. The summed E-state index contributed by atoms with van der Waals surface area (Å²) >= 11 is 3.06. The van der Waals surface area contributed by atoms with Crippen molar-refractivity contribution in [3.63, 3.8) is 0 Å². The van der Waals surface area contributed by atoms with E-state index in [2.05, 4.69) is 22.5 Å². The fraction of sp³-hybridized carbons (Fsp3) is 0.583. The van der Waals surface area contributed by atoms with Crippen LogP contribution in [-0.2, 0) is 6.54 Å². The van der Waals surface area contributed by atoms with E-state index in [1.807, 2.05) is 18.7 Å². The predicted molar refractivity (Wildman–Crippen MR) is 81.5 cm³/mol. The number of carbonyl (C=O) groups is 2. The molecule has 0 radical (unpaired) electrons. The van der Waals surface area contributed by atoms with Gasteiger partial charge in [0.2, 0.25) is 0 Å². The first-order valence-electron chi connectivity index (χ1n) is 6.32. The Balaban J connectivity index is 2.26. The van der Waals surface area contributed by atoms with Crippen molar-refractivity contribution in [3.8, 4) is 0 Å². The molecule has 8 heteroatoms. The van der Waals surface area contributed by atoms with Crippen LogP contribution in [0.25, 0.3) is 0 Å². The summed E-state index contributed by atoms with van der Waals surface area (Å²) in [5.74, 6) is 1.04. The largest absolute Gasteiger partial charge is 0.476 e. The maximum absolute atomic E-state index is 11.6. The third kappa shape index (κ3) is 6.25. The Hall–Kier alpha value is -1.28. The molecule has 0 aliphatic heterocycles. The monoisotopic (exact) mass is 317 g/mol. The summed E-state index contributed by atoms with van der Waals surface area (Å²) in [4.78, 5) is 26.2. The number of carbonyl (C=O) groups excluding carboxylic acids is 1. The lowest BCUT2D eigenvalue weighted by atomic mass is 10.3. The maximum atomic E-state index is 11.6. The van der Waals surface area contributed by atoms with Gasteiger partial charge in [0.1, 0.15) is 5.01 Å². The molecular formula is C12H19N3O3S2. The molecule has 1 unspecified atom stereocenters. The molecule has 20 heavy (non-hydrogen) atoms. The molecule has 0 spiro atoms. The van der Waals surface area contributed by atoms with Crippen molar-refractivity contribution in [1.82, 2.24) is 15.6 Å². The number of hydrogen-bond donors (Lipinski definition) is 3. The van der Waals surface area contributed by atoms with Gasteiger partial charge in [0.05, 0.1) is 6.54 Å². The minimum atomic E-state index is -1.06. The van der Waals surface area contributed by atoms with Crippen molar-refractivity contribution in [1.29, 1.82) is 0 Å². The molecule has 0 aromatic carbocycles. The molecule has 0 bridgehead atoms. The van der Waals surface area contributed by atoms with Crippen LogP contribution in [0.4, 0.5) is 4.79 Å². The molecule has 1 heterocycles. The Morgan fingerprint density at radius 2 is 2.30 bits per heavy atom. The fourth-order valence-corrected chi connectivity index (χ4v) is 2.91. The number of nitrogens with zero attached hydrogens (tertiary/aromatic N) is 1. The van der Waals surface area contributed by atoms with E-state index in [1.54, 1.807) is 0 Å². The van der Waals surface area contributed by atoms with Crippen LogP contribution in [0.1, 0.15) is 35.8 Å². The number of carboxylic acid groups (broad SMARTS) is 1. The van der Waals surface area contributed by atoms with Crippen LogP contribution in [0.2, 0.25) is 0 Å². The van der Waals surface area contributed by atoms with Crippen LogP contribution in [0.15, 0.2) is 5.38 Å². The van der Waals surface area contributed by atoms with Gasteiger partial charge in [-0.1, -0.05) is 6.92 Å². The molecule has 1 rings (SSSR count). The third-order valence-electron chi connectivity index (χ3n) is 2.45. The van der Waals surface area contributed by atoms with Gasteiger partial charge in [0.25, 0.3) is 0 Å². The van der Waals surface area contributed by atoms with Gasteiger partial charge in [-0.05, 0) is 24.9 Å². The summed E-state index contributed by atoms with van der Waals surface area (Å²) in [7, 11) is 0. The maximum Gasteiger partial charge on any atom is 0.355 e. The molecule has 0 aliphatic carbocycles.